The first-order valence-electron chi connectivity index (χ1n) is 5.22. The second-order valence-electron chi connectivity index (χ2n) is 3.66. The predicted octanol–water partition coefficient (Wildman–Crippen LogP) is 1.73. The van der Waals surface area contributed by atoms with Crippen LogP contribution in [0.5, 0.6) is 0 Å². The molecule has 1 N–H and O–H groups in total. The van der Waals surface area contributed by atoms with Crippen molar-refractivity contribution in [1.82, 2.24) is 0 Å². The largest absolute Gasteiger partial charge is 0.469 e. The van der Waals surface area contributed by atoms with Gasteiger partial charge < -0.3 is 15.0 Å². The highest BCUT2D eigenvalue weighted by molar-refractivity contribution is 5.72. The molecule has 0 amide bonds. The van der Waals surface area contributed by atoms with Crippen LogP contribution in [0.1, 0.15) is 6.42 Å². The number of nitrogens with zero attached hydrogens (tertiary/aromatic N) is 1. The molecule has 0 aliphatic rings. The number of methoxy groups -OCH3 is 1. The van der Waals surface area contributed by atoms with Crippen LogP contribution in [0.25, 0.3) is 0 Å². The van der Waals surface area contributed by atoms with E-state index in [0.29, 0.717) is 13.0 Å². The van der Waals surface area contributed by atoms with Crippen molar-refractivity contribution >= 4 is 17.3 Å². The summed E-state index contributed by atoms with van der Waals surface area (Å²) in [6, 6.07) is 7.97. The SMILES string of the molecule is COC(=O)CCNc1ccccc1N(C)C. The lowest BCUT2D eigenvalue weighted by Gasteiger charge is -2.18. The second-order valence-corrected chi connectivity index (χ2v) is 3.66. The first kappa shape index (κ1) is 12.4. The molecule has 88 valence electrons. The molecule has 0 aliphatic carbocycles. The Morgan fingerprint density at radius 2 is 2.06 bits per heavy atom. The van der Waals surface area contributed by atoms with Crippen LogP contribution in [0.3, 0.4) is 0 Å². The van der Waals surface area contributed by atoms with Crippen LogP contribution in [-0.4, -0.2) is 33.7 Å². The molecule has 0 radical (unpaired) electrons. The van der Waals surface area contributed by atoms with Gasteiger partial charge in [-0.25, -0.2) is 0 Å². The summed E-state index contributed by atoms with van der Waals surface area (Å²) in [6.07, 6.45) is 0.373. The molecule has 4 nitrogen and oxygen atoms in total. The molecule has 0 heterocycles. The van der Waals surface area contributed by atoms with Crippen LogP contribution < -0.4 is 10.2 Å². The number of hydrogen-bond donors (Lipinski definition) is 1. The van der Waals surface area contributed by atoms with Crippen molar-refractivity contribution in [1.29, 1.82) is 0 Å². The highest BCUT2D eigenvalue weighted by atomic mass is 16.5. The minimum Gasteiger partial charge on any atom is -0.469 e. The highest BCUT2D eigenvalue weighted by Crippen LogP contribution is 2.23. The van der Waals surface area contributed by atoms with Crippen LogP contribution in [0.4, 0.5) is 11.4 Å². The van der Waals surface area contributed by atoms with Gasteiger partial charge in [-0.15, -0.1) is 0 Å². The van der Waals surface area contributed by atoms with Crippen LogP contribution in [0, 0.1) is 0 Å². The molecule has 4 heteroatoms. The molecule has 0 atom stereocenters. The monoisotopic (exact) mass is 222 g/mol. The number of benzene rings is 1. The van der Waals surface area contributed by atoms with Crippen molar-refractivity contribution < 1.29 is 9.53 Å². The molecular weight excluding hydrogens is 204 g/mol. The molecular formula is C12H18N2O2. The Morgan fingerprint density at radius 1 is 1.38 bits per heavy atom. The Hall–Kier alpha value is -1.71. The number of carbonyl (C=O) groups is 1. The minimum absolute atomic E-state index is 0.199. The maximum Gasteiger partial charge on any atom is 0.307 e. The standard InChI is InChI=1S/C12H18N2O2/c1-14(2)11-7-5-4-6-10(11)13-9-8-12(15)16-3/h4-7,13H,8-9H2,1-3H3. The van der Waals surface area contributed by atoms with Gasteiger partial charge in [0.05, 0.1) is 24.9 Å². The zero-order chi connectivity index (χ0) is 12.0. The summed E-state index contributed by atoms with van der Waals surface area (Å²) >= 11 is 0. The van der Waals surface area contributed by atoms with Crippen molar-refractivity contribution in [2.75, 3.05) is 38.0 Å². The average Bonchev–Trinajstić information content (AvgIpc) is 2.29. The fourth-order valence-corrected chi connectivity index (χ4v) is 1.41. The zero-order valence-corrected chi connectivity index (χ0v) is 9.99. The molecule has 0 aliphatic heterocycles. The maximum atomic E-state index is 10.9. The van der Waals surface area contributed by atoms with E-state index in [4.69, 9.17) is 0 Å². The van der Waals surface area contributed by atoms with E-state index in [1.165, 1.54) is 7.11 Å². The summed E-state index contributed by atoms with van der Waals surface area (Å²) in [5, 5.41) is 3.22. The molecule has 16 heavy (non-hydrogen) atoms. The number of rotatable bonds is 5. The van der Waals surface area contributed by atoms with Crippen molar-refractivity contribution in [3.63, 3.8) is 0 Å². The fourth-order valence-electron chi connectivity index (χ4n) is 1.41. The second kappa shape index (κ2) is 6.00. The normalized spacial score (nSPS) is 9.69. The third-order valence-electron chi connectivity index (χ3n) is 2.26. The summed E-state index contributed by atoms with van der Waals surface area (Å²) < 4.78 is 4.58. The third kappa shape index (κ3) is 3.46. The zero-order valence-electron chi connectivity index (χ0n) is 9.99. The van der Waals surface area contributed by atoms with Gasteiger partial charge in [-0.3, -0.25) is 4.79 Å². The van der Waals surface area contributed by atoms with Crippen molar-refractivity contribution in [2.45, 2.75) is 6.42 Å². The molecule has 0 unspecified atom stereocenters. The molecule has 0 spiro atoms. The van der Waals surface area contributed by atoms with Crippen molar-refractivity contribution in [3.8, 4) is 0 Å². The first-order chi connectivity index (χ1) is 7.65. The quantitative estimate of drug-likeness (QED) is 0.770. The molecule has 0 fully saturated rings. The summed E-state index contributed by atoms with van der Waals surface area (Å²) in [5.41, 5.74) is 2.13. The number of para-hydroxylation sites is 2. The van der Waals surface area contributed by atoms with Crippen LogP contribution in [0.2, 0.25) is 0 Å². The van der Waals surface area contributed by atoms with Gasteiger partial charge in [0.15, 0.2) is 0 Å². The van der Waals surface area contributed by atoms with Gasteiger partial charge >= 0.3 is 5.97 Å². The van der Waals surface area contributed by atoms with E-state index < -0.39 is 0 Å². The number of nitrogens with one attached hydrogen (secondary N) is 1. The van der Waals surface area contributed by atoms with E-state index in [2.05, 4.69) is 10.1 Å². The van der Waals surface area contributed by atoms with Gasteiger partial charge in [0.25, 0.3) is 0 Å². The van der Waals surface area contributed by atoms with E-state index in [1.807, 2.05) is 43.3 Å². The van der Waals surface area contributed by atoms with E-state index in [9.17, 15) is 4.79 Å². The Kier molecular flexibility index (Phi) is 4.64. The number of esters is 1. The van der Waals surface area contributed by atoms with Gasteiger partial charge in [0.2, 0.25) is 0 Å². The number of carbonyl (C=O) groups excluding carboxylic acids is 1. The Bertz CT molecular complexity index is 351. The lowest BCUT2D eigenvalue weighted by molar-refractivity contribution is -0.140. The maximum absolute atomic E-state index is 10.9. The van der Waals surface area contributed by atoms with Crippen LogP contribution >= 0.6 is 0 Å². The summed E-state index contributed by atoms with van der Waals surface area (Å²) in [6.45, 7) is 0.581. The Morgan fingerprint density at radius 3 is 2.69 bits per heavy atom. The highest BCUT2D eigenvalue weighted by Gasteiger charge is 2.04. The molecule has 0 saturated carbocycles. The smallest absolute Gasteiger partial charge is 0.307 e. The lowest BCUT2D eigenvalue weighted by Crippen LogP contribution is -2.14. The molecule has 1 aromatic carbocycles. The molecule has 0 bridgehead atoms. The van der Waals surface area contributed by atoms with Gasteiger partial charge in [0, 0.05) is 20.6 Å². The van der Waals surface area contributed by atoms with E-state index in [1.54, 1.807) is 0 Å². The molecule has 1 rings (SSSR count). The third-order valence-corrected chi connectivity index (χ3v) is 2.26. The number of anilines is 2. The van der Waals surface area contributed by atoms with Gasteiger partial charge in [0.1, 0.15) is 0 Å². The molecule has 1 aromatic rings. The fraction of sp³-hybridized carbons (Fsp3) is 0.417. The van der Waals surface area contributed by atoms with Crippen LogP contribution in [-0.2, 0) is 9.53 Å². The van der Waals surface area contributed by atoms with E-state index in [0.717, 1.165) is 11.4 Å². The van der Waals surface area contributed by atoms with Crippen LogP contribution in [0.15, 0.2) is 24.3 Å². The lowest BCUT2D eigenvalue weighted by atomic mass is 10.2. The van der Waals surface area contributed by atoms with Crippen molar-refractivity contribution in [3.05, 3.63) is 24.3 Å². The predicted molar refractivity (Wildman–Crippen MR) is 65.9 cm³/mol. The van der Waals surface area contributed by atoms with E-state index >= 15 is 0 Å². The van der Waals surface area contributed by atoms with Crippen molar-refractivity contribution in [2.24, 2.45) is 0 Å². The van der Waals surface area contributed by atoms with Gasteiger partial charge in [-0.05, 0) is 12.1 Å². The summed E-state index contributed by atoms with van der Waals surface area (Å²) in [4.78, 5) is 13.0. The average molecular weight is 222 g/mol. The number of hydrogen-bond acceptors (Lipinski definition) is 4. The van der Waals surface area contributed by atoms with Gasteiger partial charge in [-0.2, -0.15) is 0 Å². The first-order valence-corrected chi connectivity index (χ1v) is 5.22. The Labute approximate surface area is 96.2 Å². The summed E-state index contributed by atoms with van der Waals surface area (Å²) in [7, 11) is 5.37. The summed E-state index contributed by atoms with van der Waals surface area (Å²) in [5.74, 6) is -0.199. The van der Waals surface area contributed by atoms with E-state index in [-0.39, 0.29) is 5.97 Å². The molecule has 0 saturated heterocycles. The Balaban J connectivity index is 2.56. The number of ether oxygens (including phenoxy) is 1. The van der Waals surface area contributed by atoms with Gasteiger partial charge in [-0.1, -0.05) is 12.1 Å². The topological polar surface area (TPSA) is 41.6 Å². The molecule has 0 aromatic heterocycles. The minimum atomic E-state index is -0.199.